The summed E-state index contributed by atoms with van der Waals surface area (Å²) in [6.45, 7) is 11.1. The SMILES string of the molecule is Cc1cc2ccccc2cc1-c1n(-c2c(C(C)C)cc(-c3ccc(-c4ccccc4)cc3)cc2C(C)C)c2ccc(C(F)F)cc2[n+]1C. The molecule has 0 spiro atoms. The van der Waals surface area contributed by atoms with Gasteiger partial charge in [0, 0.05) is 16.7 Å². The topological polar surface area (TPSA) is 8.81 Å². The van der Waals surface area contributed by atoms with Crippen molar-refractivity contribution >= 4 is 21.8 Å². The van der Waals surface area contributed by atoms with Gasteiger partial charge in [0.1, 0.15) is 5.69 Å². The predicted molar refractivity (Wildman–Crippen MR) is 196 cm³/mol. The van der Waals surface area contributed by atoms with E-state index in [9.17, 15) is 8.78 Å². The highest BCUT2D eigenvalue weighted by Gasteiger charge is 2.32. The van der Waals surface area contributed by atoms with Crippen molar-refractivity contribution < 1.29 is 13.3 Å². The van der Waals surface area contributed by atoms with E-state index in [1.165, 1.54) is 38.8 Å². The van der Waals surface area contributed by atoms with Gasteiger partial charge < -0.3 is 0 Å². The molecule has 1 heterocycles. The van der Waals surface area contributed by atoms with Crippen molar-refractivity contribution in [3.63, 3.8) is 0 Å². The first kappa shape index (κ1) is 31.5. The largest absolute Gasteiger partial charge is 0.295 e. The van der Waals surface area contributed by atoms with Crippen LogP contribution < -0.4 is 4.57 Å². The molecular formula is C44H41F2N2+. The molecule has 0 saturated heterocycles. The zero-order valence-electron chi connectivity index (χ0n) is 28.4. The highest BCUT2D eigenvalue weighted by atomic mass is 19.3. The maximum absolute atomic E-state index is 14.1. The summed E-state index contributed by atoms with van der Waals surface area (Å²) < 4.78 is 32.6. The fourth-order valence-electron chi connectivity index (χ4n) is 7.11. The lowest BCUT2D eigenvalue weighted by Gasteiger charge is -2.21. The fraction of sp³-hybridized carbons (Fsp3) is 0.205. The second kappa shape index (κ2) is 12.5. The minimum atomic E-state index is -2.55. The van der Waals surface area contributed by atoms with E-state index in [-0.39, 0.29) is 17.4 Å². The maximum Gasteiger partial charge on any atom is 0.295 e. The molecule has 4 heteroatoms. The van der Waals surface area contributed by atoms with Gasteiger partial charge in [0.2, 0.25) is 0 Å². The third kappa shape index (κ3) is 5.49. The molecule has 0 bridgehead atoms. The lowest BCUT2D eigenvalue weighted by molar-refractivity contribution is -0.633. The standard InChI is InChI=1S/C44H41F2N2/c1-27(2)37-24-36(32-18-16-31(17-19-32)30-12-8-7-9-13-30)25-38(28(3)4)42(37)48-40-21-20-35(43(45)46)26-41(40)47(6)44(48)39-23-34-15-11-10-14-33(34)22-29(39)5/h7-28,43H,1-6H3/q+1. The fourth-order valence-corrected chi connectivity index (χ4v) is 7.11. The van der Waals surface area contributed by atoms with E-state index < -0.39 is 6.43 Å². The average molecular weight is 636 g/mol. The zero-order chi connectivity index (χ0) is 33.7. The van der Waals surface area contributed by atoms with E-state index >= 15 is 0 Å². The first-order valence-corrected chi connectivity index (χ1v) is 16.8. The first-order chi connectivity index (χ1) is 23.1. The summed E-state index contributed by atoms with van der Waals surface area (Å²) in [5.74, 6) is 1.38. The van der Waals surface area contributed by atoms with Crippen molar-refractivity contribution in [2.75, 3.05) is 0 Å². The van der Waals surface area contributed by atoms with Gasteiger partial charge in [0.15, 0.2) is 11.0 Å². The van der Waals surface area contributed by atoms with Gasteiger partial charge in [-0.15, -0.1) is 0 Å². The average Bonchev–Trinajstić information content (AvgIpc) is 3.38. The second-order valence-electron chi connectivity index (χ2n) is 13.5. The predicted octanol–water partition coefficient (Wildman–Crippen LogP) is 12.1. The molecule has 7 rings (SSSR count). The highest BCUT2D eigenvalue weighted by molar-refractivity contribution is 5.90. The Balaban J connectivity index is 1.52. The van der Waals surface area contributed by atoms with E-state index in [1.807, 2.05) is 19.2 Å². The number of imidazole rings is 1. The van der Waals surface area contributed by atoms with Crippen LogP contribution in [0.3, 0.4) is 0 Å². The van der Waals surface area contributed by atoms with Crippen molar-refractivity contribution in [1.29, 1.82) is 0 Å². The molecule has 1 aromatic heterocycles. The van der Waals surface area contributed by atoms with Gasteiger partial charge in [0.05, 0.1) is 12.6 Å². The Morgan fingerprint density at radius 2 is 1.12 bits per heavy atom. The summed E-state index contributed by atoms with van der Waals surface area (Å²) in [5, 5.41) is 2.32. The van der Waals surface area contributed by atoms with Crippen molar-refractivity contribution in [2.45, 2.75) is 52.9 Å². The highest BCUT2D eigenvalue weighted by Crippen LogP contribution is 2.41. The van der Waals surface area contributed by atoms with Gasteiger partial charge in [-0.25, -0.2) is 13.3 Å². The van der Waals surface area contributed by atoms with Gasteiger partial charge in [-0.2, -0.15) is 4.57 Å². The van der Waals surface area contributed by atoms with Crippen molar-refractivity contribution in [3.05, 3.63) is 144 Å². The summed E-state index contributed by atoms with van der Waals surface area (Å²) in [6.07, 6.45) is -2.55. The first-order valence-electron chi connectivity index (χ1n) is 16.8. The number of nitrogens with zero attached hydrogens (tertiary/aromatic N) is 2. The summed E-state index contributed by atoms with van der Waals surface area (Å²) >= 11 is 0. The van der Waals surface area contributed by atoms with Crippen LogP contribution in [-0.2, 0) is 7.05 Å². The number of aryl methyl sites for hydroxylation is 2. The van der Waals surface area contributed by atoms with Crippen LogP contribution in [0.1, 0.15) is 68.2 Å². The number of aromatic nitrogens is 2. The number of alkyl halides is 2. The lowest BCUT2D eigenvalue weighted by Crippen LogP contribution is -2.30. The number of rotatable bonds is 7. The molecule has 0 unspecified atom stereocenters. The van der Waals surface area contributed by atoms with Crippen LogP contribution in [0.5, 0.6) is 0 Å². The number of hydrogen-bond acceptors (Lipinski definition) is 0. The van der Waals surface area contributed by atoms with Crippen LogP contribution in [0.25, 0.3) is 61.1 Å². The quantitative estimate of drug-likeness (QED) is 0.154. The summed E-state index contributed by atoms with van der Waals surface area (Å²) in [6, 6.07) is 41.9. The molecule has 0 saturated carbocycles. The third-order valence-corrected chi connectivity index (χ3v) is 9.68. The van der Waals surface area contributed by atoms with Gasteiger partial charge in [-0.05, 0) is 93.7 Å². The monoisotopic (exact) mass is 635 g/mol. The Morgan fingerprint density at radius 1 is 0.583 bits per heavy atom. The molecule has 0 radical (unpaired) electrons. The maximum atomic E-state index is 14.1. The van der Waals surface area contributed by atoms with Crippen LogP contribution in [0.15, 0.2) is 121 Å². The van der Waals surface area contributed by atoms with E-state index in [0.717, 1.165) is 39.1 Å². The van der Waals surface area contributed by atoms with Crippen LogP contribution in [0.2, 0.25) is 0 Å². The summed E-state index contributed by atoms with van der Waals surface area (Å²) in [7, 11) is 2.00. The molecule has 0 aliphatic carbocycles. The molecule has 7 aromatic rings. The number of fused-ring (bicyclic) bond motifs is 2. The number of hydrogen-bond donors (Lipinski definition) is 0. The second-order valence-corrected chi connectivity index (χ2v) is 13.5. The van der Waals surface area contributed by atoms with Crippen LogP contribution in [-0.4, -0.2) is 4.57 Å². The number of halogens is 2. The smallest absolute Gasteiger partial charge is 0.225 e. The Bertz CT molecular complexity index is 2250. The van der Waals surface area contributed by atoms with Crippen molar-refractivity contribution in [1.82, 2.24) is 4.57 Å². The molecule has 0 aliphatic rings. The Kier molecular flexibility index (Phi) is 8.20. The minimum Gasteiger partial charge on any atom is -0.225 e. The van der Waals surface area contributed by atoms with E-state index in [4.69, 9.17) is 0 Å². The van der Waals surface area contributed by atoms with E-state index in [0.29, 0.717) is 0 Å². The molecule has 6 aromatic carbocycles. The zero-order valence-corrected chi connectivity index (χ0v) is 28.4. The van der Waals surface area contributed by atoms with Gasteiger partial charge in [-0.1, -0.05) is 113 Å². The molecule has 2 nitrogen and oxygen atoms in total. The van der Waals surface area contributed by atoms with E-state index in [1.54, 1.807) is 12.1 Å². The van der Waals surface area contributed by atoms with Gasteiger partial charge in [-0.3, -0.25) is 0 Å². The Morgan fingerprint density at radius 3 is 1.71 bits per heavy atom. The lowest BCUT2D eigenvalue weighted by atomic mass is 9.87. The Labute approximate surface area is 281 Å². The third-order valence-electron chi connectivity index (χ3n) is 9.68. The molecule has 0 fully saturated rings. The molecule has 0 N–H and O–H groups in total. The summed E-state index contributed by atoms with van der Waals surface area (Å²) in [5.41, 5.74) is 12.2. The Hall–Kier alpha value is -5.09. The van der Waals surface area contributed by atoms with Crippen molar-refractivity contribution in [3.8, 4) is 39.3 Å². The molecule has 0 aliphatic heterocycles. The van der Waals surface area contributed by atoms with Crippen LogP contribution in [0.4, 0.5) is 8.78 Å². The number of benzene rings is 6. The molecule has 240 valence electrons. The van der Waals surface area contributed by atoms with Crippen LogP contribution in [0, 0.1) is 6.92 Å². The molecule has 0 atom stereocenters. The van der Waals surface area contributed by atoms with Gasteiger partial charge >= 0.3 is 0 Å². The minimum absolute atomic E-state index is 0.0273. The van der Waals surface area contributed by atoms with Crippen molar-refractivity contribution in [2.24, 2.45) is 7.05 Å². The van der Waals surface area contributed by atoms with Gasteiger partial charge in [0.25, 0.3) is 12.2 Å². The molecule has 48 heavy (non-hydrogen) atoms. The van der Waals surface area contributed by atoms with Crippen LogP contribution >= 0.6 is 0 Å². The molecule has 0 amide bonds. The van der Waals surface area contributed by atoms with E-state index in [2.05, 4.69) is 141 Å². The normalized spacial score (nSPS) is 11.9. The molecular weight excluding hydrogens is 594 g/mol. The summed E-state index contributed by atoms with van der Waals surface area (Å²) in [4.78, 5) is 0.